The molecule has 0 unspecified atom stereocenters. The Morgan fingerprint density at radius 3 is 2.68 bits per heavy atom. The van der Waals surface area contributed by atoms with Crippen molar-refractivity contribution in [3.8, 4) is 0 Å². The number of urea groups is 1. The van der Waals surface area contributed by atoms with E-state index in [-0.39, 0.29) is 12.7 Å². The van der Waals surface area contributed by atoms with Gasteiger partial charge in [0.1, 0.15) is 0 Å². The van der Waals surface area contributed by atoms with E-state index in [0.29, 0.717) is 13.0 Å². The molecule has 0 bridgehead atoms. The number of nitrogens with zero attached hydrogens (tertiary/aromatic N) is 3. The van der Waals surface area contributed by atoms with Gasteiger partial charge in [-0.15, -0.1) is 11.3 Å². The fraction of sp³-hybridized carbons (Fsp3) is 0.533. The van der Waals surface area contributed by atoms with Crippen molar-refractivity contribution in [3.05, 3.63) is 21.9 Å². The SMILES string of the molecule is CCCN1C(=O)C(=O)N(CN2CCc3sccc3[C@@H]2C)C1=O. The molecule has 1 fully saturated rings. The zero-order valence-corrected chi connectivity index (χ0v) is 13.6. The summed E-state index contributed by atoms with van der Waals surface area (Å²) in [6, 6.07) is 1.75. The van der Waals surface area contributed by atoms with Gasteiger partial charge in [0.15, 0.2) is 0 Å². The molecule has 3 heterocycles. The lowest BCUT2D eigenvalue weighted by Gasteiger charge is -2.35. The van der Waals surface area contributed by atoms with Gasteiger partial charge < -0.3 is 0 Å². The predicted octanol–water partition coefficient (Wildman–Crippen LogP) is 1.83. The largest absolute Gasteiger partial charge is 0.335 e. The van der Waals surface area contributed by atoms with Crippen molar-refractivity contribution in [2.45, 2.75) is 32.7 Å². The topological polar surface area (TPSA) is 60.9 Å². The molecule has 0 spiro atoms. The van der Waals surface area contributed by atoms with Gasteiger partial charge in [-0.3, -0.25) is 19.4 Å². The number of thiophene rings is 1. The van der Waals surface area contributed by atoms with Crippen LogP contribution < -0.4 is 0 Å². The van der Waals surface area contributed by atoms with Crippen LogP contribution >= 0.6 is 11.3 Å². The molecule has 6 nitrogen and oxygen atoms in total. The van der Waals surface area contributed by atoms with E-state index >= 15 is 0 Å². The first kappa shape index (κ1) is 15.2. The van der Waals surface area contributed by atoms with E-state index in [2.05, 4.69) is 23.3 Å². The van der Waals surface area contributed by atoms with Crippen molar-refractivity contribution < 1.29 is 14.4 Å². The van der Waals surface area contributed by atoms with Crippen molar-refractivity contribution in [3.63, 3.8) is 0 Å². The molecule has 0 N–H and O–H groups in total. The first-order valence-corrected chi connectivity index (χ1v) is 8.40. The number of amides is 4. The van der Waals surface area contributed by atoms with E-state index in [1.807, 2.05) is 6.92 Å². The molecule has 0 aliphatic carbocycles. The van der Waals surface area contributed by atoms with Gasteiger partial charge >= 0.3 is 17.8 Å². The van der Waals surface area contributed by atoms with Crippen molar-refractivity contribution in [1.82, 2.24) is 14.7 Å². The summed E-state index contributed by atoms with van der Waals surface area (Å²) in [7, 11) is 0. The lowest BCUT2D eigenvalue weighted by Crippen LogP contribution is -2.45. The first-order valence-electron chi connectivity index (χ1n) is 7.52. The summed E-state index contributed by atoms with van der Waals surface area (Å²) in [5.74, 6) is -1.41. The van der Waals surface area contributed by atoms with E-state index in [1.165, 1.54) is 10.4 Å². The van der Waals surface area contributed by atoms with Crippen LogP contribution in [0.2, 0.25) is 0 Å². The molecular formula is C15H19N3O3S. The second kappa shape index (κ2) is 5.81. The molecule has 3 rings (SSSR count). The van der Waals surface area contributed by atoms with Gasteiger partial charge in [0.05, 0.1) is 6.67 Å². The Kier molecular flexibility index (Phi) is 4.01. The Balaban J connectivity index is 1.75. The quantitative estimate of drug-likeness (QED) is 0.627. The monoisotopic (exact) mass is 321 g/mol. The highest BCUT2D eigenvalue weighted by Crippen LogP contribution is 2.33. The van der Waals surface area contributed by atoms with Gasteiger partial charge in [0.25, 0.3) is 0 Å². The van der Waals surface area contributed by atoms with Crippen molar-refractivity contribution in [1.29, 1.82) is 0 Å². The molecule has 2 aliphatic rings. The average Bonchev–Trinajstić information content (AvgIpc) is 3.05. The van der Waals surface area contributed by atoms with E-state index in [0.717, 1.165) is 22.8 Å². The molecule has 2 aliphatic heterocycles. The molecule has 0 saturated carbocycles. The smallest absolute Gasteiger partial charge is 0.278 e. The van der Waals surface area contributed by atoms with Gasteiger partial charge in [0.2, 0.25) is 0 Å². The Labute approximate surface area is 133 Å². The normalized spacial score (nSPS) is 22.6. The first-order chi connectivity index (χ1) is 10.5. The highest BCUT2D eigenvalue weighted by atomic mass is 32.1. The maximum absolute atomic E-state index is 12.3. The second-order valence-electron chi connectivity index (χ2n) is 5.65. The molecule has 1 aromatic heterocycles. The number of hydrogen-bond acceptors (Lipinski definition) is 5. The average molecular weight is 321 g/mol. The van der Waals surface area contributed by atoms with Crippen LogP contribution in [0, 0.1) is 0 Å². The molecule has 4 amide bonds. The molecule has 1 aromatic rings. The van der Waals surface area contributed by atoms with Gasteiger partial charge in [0, 0.05) is 24.0 Å². The van der Waals surface area contributed by atoms with Crippen LogP contribution in [0.4, 0.5) is 4.79 Å². The van der Waals surface area contributed by atoms with Crippen LogP contribution in [0.5, 0.6) is 0 Å². The molecule has 118 valence electrons. The number of hydrogen-bond donors (Lipinski definition) is 0. The van der Waals surface area contributed by atoms with Crippen molar-refractivity contribution in [2.75, 3.05) is 19.8 Å². The van der Waals surface area contributed by atoms with Crippen molar-refractivity contribution >= 4 is 29.2 Å². The standard InChI is InChI=1S/C15H19N3O3S/c1-3-6-17-13(19)14(20)18(15(17)21)9-16-7-4-12-11(10(16)2)5-8-22-12/h5,8,10H,3-4,6-7,9H2,1-2H3/t10-/m0/s1. The summed E-state index contributed by atoms with van der Waals surface area (Å²) in [5, 5.41) is 2.07. The molecule has 1 atom stereocenters. The zero-order chi connectivity index (χ0) is 15.9. The second-order valence-corrected chi connectivity index (χ2v) is 6.65. The molecule has 0 radical (unpaired) electrons. The third kappa shape index (κ3) is 2.34. The zero-order valence-electron chi connectivity index (χ0n) is 12.7. The van der Waals surface area contributed by atoms with E-state index in [9.17, 15) is 14.4 Å². The summed E-state index contributed by atoms with van der Waals surface area (Å²) < 4.78 is 0. The molecule has 0 aromatic carbocycles. The minimum absolute atomic E-state index is 0.144. The maximum Gasteiger partial charge on any atom is 0.335 e. The van der Waals surface area contributed by atoms with E-state index in [4.69, 9.17) is 0 Å². The van der Waals surface area contributed by atoms with Crippen molar-refractivity contribution in [2.24, 2.45) is 0 Å². The summed E-state index contributed by atoms with van der Waals surface area (Å²) in [5.41, 5.74) is 1.26. The number of fused-ring (bicyclic) bond motifs is 1. The number of rotatable bonds is 4. The molecule has 1 saturated heterocycles. The predicted molar refractivity (Wildman–Crippen MR) is 82.3 cm³/mol. The van der Waals surface area contributed by atoms with Crippen LogP contribution in [0.1, 0.15) is 36.8 Å². The number of imide groups is 2. The molecule has 22 heavy (non-hydrogen) atoms. The summed E-state index contributed by atoms with van der Waals surface area (Å²) in [6.07, 6.45) is 1.57. The summed E-state index contributed by atoms with van der Waals surface area (Å²) >= 11 is 1.75. The summed E-state index contributed by atoms with van der Waals surface area (Å²) in [4.78, 5) is 41.8. The van der Waals surface area contributed by atoms with Gasteiger partial charge in [-0.05, 0) is 36.8 Å². The highest BCUT2D eigenvalue weighted by Gasteiger charge is 2.45. The van der Waals surface area contributed by atoms with Crippen LogP contribution in [-0.4, -0.2) is 52.3 Å². The maximum atomic E-state index is 12.3. The Hall–Kier alpha value is -1.73. The fourth-order valence-electron chi connectivity index (χ4n) is 3.03. The minimum atomic E-state index is -0.707. The highest BCUT2D eigenvalue weighted by molar-refractivity contribution is 7.10. The van der Waals surface area contributed by atoms with Crippen LogP contribution in [-0.2, 0) is 16.0 Å². The van der Waals surface area contributed by atoms with E-state index < -0.39 is 17.8 Å². The van der Waals surface area contributed by atoms with Crippen LogP contribution in [0.25, 0.3) is 0 Å². The van der Waals surface area contributed by atoms with Crippen LogP contribution in [0.3, 0.4) is 0 Å². The third-order valence-corrected chi connectivity index (χ3v) is 5.31. The van der Waals surface area contributed by atoms with Gasteiger partial charge in [-0.2, -0.15) is 0 Å². The molecular weight excluding hydrogens is 302 g/mol. The Morgan fingerprint density at radius 2 is 1.95 bits per heavy atom. The number of carbonyl (C=O) groups excluding carboxylic acids is 3. The van der Waals surface area contributed by atoms with Gasteiger partial charge in [-0.25, -0.2) is 9.69 Å². The third-order valence-electron chi connectivity index (χ3n) is 4.31. The lowest BCUT2D eigenvalue weighted by atomic mass is 10.0. The molecule has 7 heteroatoms. The minimum Gasteiger partial charge on any atom is -0.278 e. The number of carbonyl (C=O) groups is 3. The van der Waals surface area contributed by atoms with Gasteiger partial charge in [-0.1, -0.05) is 6.92 Å². The lowest BCUT2D eigenvalue weighted by molar-refractivity contribution is -0.144. The van der Waals surface area contributed by atoms with E-state index in [1.54, 1.807) is 11.3 Å². The van der Waals surface area contributed by atoms with Crippen LogP contribution in [0.15, 0.2) is 11.4 Å². The Bertz CT molecular complexity index is 627. The Morgan fingerprint density at radius 1 is 1.23 bits per heavy atom. The fourth-order valence-corrected chi connectivity index (χ4v) is 3.99. The summed E-state index contributed by atoms with van der Waals surface area (Å²) in [6.45, 7) is 5.21.